The summed E-state index contributed by atoms with van der Waals surface area (Å²) in [5.41, 5.74) is 1.99. The summed E-state index contributed by atoms with van der Waals surface area (Å²) < 4.78 is 24.4. The van der Waals surface area contributed by atoms with Gasteiger partial charge in [0.2, 0.25) is 0 Å². The Balaban J connectivity index is 2.24. The van der Waals surface area contributed by atoms with Crippen LogP contribution in [0, 0.1) is 0 Å². The normalized spacial score (nSPS) is 11.4. The van der Waals surface area contributed by atoms with Gasteiger partial charge >= 0.3 is 0 Å². The lowest BCUT2D eigenvalue weighted by molar-refractivity contribution is -0.255. The minimum absolute atomic E-state index is 0.0617. The van der Waals surface area contributed by atoms with Gasteiger partial charge in [-0.1, -0.05) is 12.1 Å². The highest BCUT2D eigenvalue weighted by Gasteiger charge is 2.20. The highest BCUT2D eigenvalue weighted by Crippen LogP contribution is 2.34. The second-order valence-corrected chi connectivity index (χ2v) is 7.53. The van der Waals surface area contributed by atoms with Crippen LogP contribution in [0.4, 0.5) is 0 Å². The van der Waals surface area contributed by atoms with E-state index in [1.807, 2.05) is 0 Å². The molecular formula is C17H14N3O4S-. The van der Waals surface area contributed by atoms with Crippen molar-refractivity contribution < 1.29 is 18.3 Å². The largest absolute Gasteiger partial charge is 0.543 e. The molecule has 1 aromatic carbocycles. The molecule has 0 bridgehead atoms. The van der Waals surface area contributed by atoms with E-state index in [0.717, 1.165) is 6.26 Å². The van der Waals surface area contributed by atoms with Crippen molar-refractivity contribution >= 4 is 15.8 Å². The molecule has 0 saturated carbocycles. The van der Waals surface area contributed by atoms with E-state index in [2.05, 4.69) is 10.1 Å². The van der Waals surface area contributed by atoms with E-state index in [4.69, 9.17) is 0 Å². The summed E-state index contributed by atoms with van der Waals surface area (Å²) in [6.45, 7) is 0. The summed E-state index contributed by atoms with van der Waals surface area (Å²) in [6, 6.07) is 9.49. The summed E-state index contributed by atoms with van der Waals surface area (Å²) in [6.07, 6.45) is 4.23. The number of hydrogen-bond donors (Lipinski definition) is 0. The van der Waals surface area contributed by atoms with E-state index in [-0.39, 0.29) is 10.6 Å². The van der Waals surface area contributed by atoms with Crippen LogP contribution in [-0.4, -0.2) is 35.4 Å². The molecule has 7 nitrogen and oxygen atoms in total. The van der Waals surface area contributed by atoms with Crippen LogP contribution >= 0.6 is 0 Å². The molecule has 128 valence electrons. The lowest BCUT2D eigenvalue weighted by atomic mass is 10.00. The van der Waals surface area contributed by atoms with Gasteiger partial charge in [0.25, 0.3) is 0 Å². The van der Waals surface area contributed by atoms with Gasteiger partial charge < -0.3 is 9.90 Å². The maximum atomic E-state index is 11.6. The fraction of sp³-hybridized carbons (Fsp3) is 0.118. The van der Waals surface area contributed by atoms with Crippen LogP contribution in [-0.2, 0) is 16.9 Å². The molecule has 2 heterocycles. The Morgan fingerprint density at radius 1 is 1.04 bits per heavy atom. The lowest BCUT2D eigenvalue weighted by Crippen LogP contribution is -2.25. The first-order valence-corrected chi connectivity index (χ1v) is 9.17. The van der Waals surface area contributed by atoms with E-state index in [0.29, 0.717) is 22.4 Å². The van der Waals surface area contributed by atoms with Crippen LogP contribution in [0.25, 0.3) is 22.4 Å². The number of aromatic carboxylic acids is 1. The van der Waals surface area contributed by atoms with Crippen LogP contribution in [0.3, 0.4) is 0 Å². The number of aryl methyl sites for hydroxylation is 1. The Kier molecular flexibility index (Phi) is 4.13. The molecule has 0 unspecified atom stereocenters. The van der Waals surface area contributed by atoms with Gasteiger partial charge in [-0.3, -0.25) is 9.67 Å². The summed E-state index contributed by atoms with van der Waals surface area (Å²) >= 11 is 0. The molecular weight excluding hydrogens is 342 g/mol. The quantitative estimate of drug-likeness (QED) is 0.688. The summed E-state index contributed by atoms with van der Waals surface area (Å²) in [4.78, 5) is 15.7. The monoisotopic (exact) mass is 356 g/mol. The van der Waals surface area contributed by atoms with Crippen molar-refractivity contribution in [3.8, 4) is 22.4 Å². The van der Waals surface area contributed by atoms with Gasteiger partial charge in [-0.25, -0.2) is 8.42 Å². The SMILES string of the molecule is Cn1nc(-c2ccc(S(C)(=O)=O)cc2)c(-c2ccncc2)c1C(=O)[O-]. The topological polar surface area (TPSA) is 105 Å². The highest BCUT2D eigenvalue weighted by atomic mass is 32.2. The third kappa shape index (κ3) is 3.16. The zero-order valence-corrected chi connectivity index (χ0v) is 14.3. The molecule has 3 aromatic rings. The summed E-state index contributed by atoms with van der Waals surface area (Å²) in [7, 11) is -1.80. The zero-order chi connectivity index (χ0) is 18.2. The van der Waals surface area contributed by atoms with Gasteiger partial charge in [0.1, 0.15) is 5.69 Å². The van der Waals surface area contributed by atoms with E-state index in [1.165, 1.54) is 23.9 Å². The minimum Gasteiger partial charge on any atom is -0.543 e. The molecule has 0 N–H and O–H groups in total. The van der Waals surface area contributed by atoms with Gasteiger partial charge in [-0.15, -0.1) is 0 Å². The molecule has 0 amide bonds. The van der Waals surface area contributed by atoms with Gasteiger partial charge in [0, 0.05) is 36.8 Å². The predicted octanol–water partition coefficient (Wildman–Crippen LogP) is 0.916. The summed E-state index contributed by atoms with van der Waals surface area (Å²) in [5.74, 6) is -1.35. The number of rotatable bonds is 4. The number of hydrogen-bond acceptors (Lipinski definition) is 6. The Bertz CT molecular complexity index is 1040. The third-order valence-electron chi connectivity index (χ3n) is 3.77. The smallest absolute Gasteiger partial charge is 0.175 e. The van der Waals surface area contributed by atoms with Crippen LogP contribution in [0.5, 0.6) is 0 Å². The standard InChI is InChI=1S/C17H15N3O4S/c1-20-16(17(21)22)14(11-7-9-18-10-8-11)15(19-20)12-3-5-13(6-4-12)25(2,23)24/h3-10H,1-2H3,(H,21,22)/p-1. The third-order valence-corrected chi connectivity index (χ3v) is 4.89. The summed E-state index contributed by atoms with van der Waals surface area (Å²) in [5, 5.41) is 15.9. The average molecular weight is 356 g/mol. The number of pyridine rings is 1. The van der Waals surface area contributed by atoms with Crippen molar-refractivity contribution in [2.75, 3.05) is 6.26 Å². The van der Waals surface area contributed by atoms with Crippen molar-refractivity contribution in [3.63, 3.8) is 0 Å². The van der Waals surface area contributed by atoms with E-state index >= 15 is 0 Å². The highest BCUT2D eigenvalue weighted by molar-refractivity contribution is 7.90. The van der Waals surface area contributed by atoms with Gasteiger partial charge in [-0.05, 0) is 29.8 Å². The molecule has 0 aliphatic carbocycles. The molecule has 0 fully saturated rings. The Hall–Kier alpha value is -3.00. The molecule has 8 heteroatoms. The number of benzene rings is 1. The average Bonchev–Trinajstić information content (AvgIpc) is 2.92. The van der Waals surface area contributed by atoms with Gasteiger partial charge in [-0.2, -0.15) is 5.10 Å². The molecule has 3 rings (SSSR count). The Morgan fingerprint density at radius 3 is 2.16 bits per heavy atom. The number of carboxylic acid groups (broad SMARTS) is 1. The molecule has 0 radical (unpaired) electrons. The first kappa shape index (κ1) is 16.8. The number of carboxylic acids is 1. The minimum atomic E-state index is -3.32. The number of carbonyl (C=O) groups excluding carboxylic acids is 1. The van der Waals surface area contributed by atoms with Crippen LogP contribution in [0.2, 0.25) is 0 Å². The molecule has 0 atom stereocenters. The van der Waals surface area contributed by atoms with Crippen molar-refractivity contribution in [2.24, 2.45) is 7.05 Å². The van der Waals surface area contributed by atoms with Crippen molar-refractivity contribution in [3.05, 3.63) is 54.5 Å². The first-order valence-electron chi connectivity index (χ1n) is 7.28. The van der Waals surface area contributed by atoms with Gasteiger partial charge in [0.15, 0.2) is 9.84 Å². The van der Waals surface area contributed by atoms with E-state index < -0.39 is 15.8 Å². The molecule has 0 spiro atoms. The van der Waals surface area contributed by atoms with Gasteiger partial charge in [0.05, 0.1) is 16.6 Å². The van der Waals surface area contributed by atoms with E-state index in [1.54, 1.807) is 36.7 Å². The molecule has 25 heavy (non-hydrogen) atoms. The molecule has 0 saturated heterocycles. The first-order chi connectivity index (χ1) is 11.8. The van der Waals surface area contributed by atoms with Crippen molar-refractivity contribution in [2.45, 2.75) is 4.90 Å². The van der Waals surface area contributed by atoms with Crippen molar-refractivity contribution in [1.82, 2.24) is 14.8 Å². The zero-order valence-electron chi connectivity index (χ0n) is 13.5. The molecule has 0 aliphatic heterocycles. The predicted molar refractivity (Wildman–Crippen MR) is 89.3 cm³/mol. The van der Waals surface area contributed by atoms with Crippen LogP contribution in [0.15, 0.2) is 53.7 Å². The Morgan fingerprint density at radius 2 is 1.64 bits per heavy atom. The molecule has 2 aromatic heterocycles. The number of nitrogens with zero attached hydrogens (tertiary/aromatic N) is 3. The van der Waals surface area contributed by atoms with Crippen molar-refractivity contribution in [1.29, 1.82) is 0 Å². The number of carbonyl (C=O) groups is 1. The number of sulfone groups is 1. The Labute approximate surface area is 144 Å². The fourth-order valence-corrected chi connectivity index (χ4v) is 3.24. The van der Waals surface area contributed by atoms with Crippen LogP contribution in [0.1, 0.15) is 10.5 Å². The second kappa shape index (κ2) is 6.14. The van der Waals surface area contributed by atoms with E-state index in [9.17, 15) is 18.3 Å². The second-order valence-electron chi connectivity index (χ2n) is 5.52. The number of aromatic nitrogens is 3. The maximum absolute atomic E-state index is 11.6. The molecule has 0 aliphatic rings. The lowest BCUT2D eigenvalue weighted by Gasteiger charge is -2.08. The van der Waals surface area contributed by atoms with Crippen LogP contribution < -0.4 is 5.11 Å². The maximum Gasteiger partial charge on any atom is 0.175 e. The fourth-order valence-electron chi connectivity index (χ4n) is 2.61.